The molecule has 6 rings (SSSR count). The molecule has 0 unspecified atom stereocenters. The van der Waals surface area contributed by atoms with E-state index in [4.69, 9.17) is 24.4 Å². The molecule has 12 nitrogen and oxygen atoms in total. The Morgan fingerprint density at radius 3 is 2.80 bits per heavy atom. The van der Waals surface area contributed by atoms with Crippen LogP contribution in [0.15, 0.2) is 12.3 Å². The summed E-state index contributed by atoms with van der Waals surface area (Å²) in [5, 5.41) is 28.3. The normalized spacial score (nSPS) is 19.3. The van der Waals surface area contributed by atoms with Gasteiger partial charge in [-0.15, -0.1) is 5.10 Å². The molecular formula is C29H38N8O4. The summed E-state index contributed by atoms with van der Waals surface area (Å²) >= 11 is 0. The highest BCUT2D eigenvalue weighted by Crippen LogP contribution is 2.37. The number of aromatic amines is 1. The predicted octanol–water partition coefficient (Wildman–Crippen LogP) is 3.40. The number of aliphatic hydroxyl groups excluding tert-OH is 1. The van der Waals surface area contributed by atoms with Crippen LogP contribution in [-0.2, 0) is 31.5 Å². The van der Waals surface area contributed by atoms with Crippen LogP contribution in [0.25, 0.3) is 34.3 Å². The molecule has 0 spiro atoms. The number of pyridine rings is 1. The van der Waals surface area contributed by atoms with Crippen LogP contribution in [0.3, 0.4) is 0 Å². The van der Waals surface area contributed by atoms with E-state index in [1.807, 2.05) is 37.0 Å². The summed E-state index contributed by atoms with van der Waals surface area (Å²) in [6, 6.07) is 2.52. The number of hydrogen-bond donors (Lipinski definition) is 2. The first-order valence-corrected chi connectivity index (χ1v) is 14.2. The summed E-state index contributed by atoms with van der Waals surface area (Å²) in [7, 11) is 3.56. The highest BCUT2D eigenvalue weighted by atomic mass is 16.5. The fourth-order valence-corrected chi connectivity index (χ4v) is 5.57. The number of ether oxygens (including phenoxy) is 3. The van der Waals surface area contributed by atoms with Gasteiger partial charge >= 0.3 is 0 Å². The smallest absolute Gasteiger partial charge is 0.240 e. The topological polar surface area (TPSA) is 128 Å². The van der Waals surface area contributed by atoms with Gasteiger partial charge in [-0.3, -0.25) is 14.7 Å². The molecular weight excluding hydrogens is 524 g/mol. The lowest BCUT2D eigenvalue weighted by molar-refractivity contribution is 0.122. The number of aromatic nitrogens is 7. The van der Waals surface area contributed by atoms with Crippen LogP contribution < -0.4 is 9.47 Å². The molecule has 12 heteroatoms. The van der Waals surface area contributed by atoms with Crippen molar-refractivity contribution in [3.8, 4) is 22.9 Å². The minimum Gasteiger partial charge on any atom is -0.476 e. The van der Waals surface area contributed by atoms with Crippen LogP contribution in [0.2, 0.25) is 0 Å². The minimum absolute atomic E-state index is 0.134. The Morgan fingerprint density at radius 2 is 2.07 bits per heavy atom. The van der Waals surface area contributed by atoms with Gasteiger partial charge in [0, 0.05) is 50.4 Å². The van der Waals surface area contributed by atoms with Gasteiger partial charge in [-0.1, -0.05) is 0 Å². The molecule has 1 aliphatic carbocycles. The number of H-pyrrole nitrogens is 1. The average molecular weight is 563 g/mol. The highest BCUT2D eigenvalue weighted by Gasteiger charge is 2.33. The number of hydrogen-bond acceptors (Lipinski definition) is 9. The number of nitrogens with one attached hydrogen (secondary N) is 1. The quantitative estimate of drug-likeness (QED) is 0.348. The summed E-state index contributed by atoms with van der Waals surface area (Å²) in [4.78, 5) is 7.11. The van der Waals surface area contributed by atoms with E-state index in [2.05, 4.69) is 33.1 Å². The van der Waals surface area contributed by atoms with Crippen molar-refractivity contribution >= 4 is 23.2 Å². The SMILES string of the molecule is CCOc1nn(C[C@H](C)O)c2c1/C=C/c1[nH]nc3ncc(cc13)-c1c(COC)nn(C)c1O[C@@H](C)CN(C1CC1)C2. The summed E-state index contributed by atoms with van der Waals surface area (Å²) in [6.07, 6.45) is 7.42. The molecule has 5 heterocycles. The number of rotatable bonds is 7. The van der Waals surface area contributed by atoms with Crippen LogP contribution in [0.1, 0.15) is 56.3 Å². The molecule has 0 aromatic carbocycles. The molecule has 218 valence electrons. The second kappa shape index (κ2) is 11.3. The Morgan fingerprint density at radius 1 is 1.24 bits per heavy atom. The zero-order chi connectivity index (χ0) is 28.7. The van der Waals surface area contributed by atoms with Gasteiger partial charge < -0.3 is 19.3 Å². The first kappa shape index (κ1) is 27.4. The first-order chi connectivity index (χ1) is 19.9. The fraction of sp³-hybridized carbons (Fsp3) is 0.517. The second-order valence-electron chi connectivity index (χ2n) is 11.0. The molecule has 41 heavy (non-hydrogen) atoms. The molecule has 0 amide bonds. The molecule has 1 fully saturated rings. The zero-order valence-electron chi connectivity index (χ0n) is 24.3. The van der Waals surface area contributed by atoms with Gasteiger partial charge in [0.1, 0.15) is 6.10 Å². The van der Waals surface area contributed by atoms with E-state index in [1.165, 1.54) is 0 Å². The standard InChI is InChI=1S/C29H38N8O4/c1-6-40-28-21-9-10-23-22-11-19(12-30-27(22)32-31-23)26-24(16-39-5)33-35(4)29(26)41-18(3)14-36(20-7-8-20)15-25(21)37(34-28)13-17(2)38/h9-12,17-18,20,38H,6-8,13-16H2,1-5H3,(H,30,31,32)/b10-9+/t17-,18-/m0/s1. The van der Waals surface area contributed by atoms with Gasteiger partial charge in [0.05, 0.1) is 54.1 Å². The van der Waals surface area contributed by atoms with Crippen molar-refractivity contribution in [1.82, 2.24) is 39.6 Å². The van der Waals surface area contributed by atoms with Crippen LogP contribution in [0, 0.1) is 0 Å². The fourth-order valence-electron chi connectivity index (χ4n) is 5.57. The Labute approximate surface area is 238 Å². The molecule has 1 saturated carbocycles. The van der Waals surface area contributed by atoms with Gasteiger partial charge in [0.25, 0.3) is 0 Å². The number of methoxy groups -OCH3 is 1. The van der Waals surface area contributed by atoms with E-state index in [9.17, 15) is 5.11 Å². The lowest BCUT2D eigenvalue weighted by atomic mass is 10.1. The Bertz CT molecular complexity index is 1560. The monoisotopic (exact) mass is 562 g/mol. The molecule has 4 aromatic heterocycles. The molecule has 0 saturated heterocycles. The molecule has 4 aromatic rings. The van der Waals surface area contributed by atoms with E-state index < -0.39 is 6.10 Å². The first-order valence-electron chi connectivity index (χ1n) is 14.2. The highest BCUT2D eigenvalue weighted by molar-refractivity contribution is 5.91. The van der Waals surface area contributed by atoms with Crippen molar-refractivity contribution in [1.29, 1.82) is 0 Å². The third kappa shape index (κ3) is 5.46. The average Bonchev–Trinajstić information content (AvgIpc) is 3.55. The summed E-state index contributed by atoms with van der Waals surface area (Å²) in [5.74, 6) is 1.23. The van der Waals surface area contributed by atoms with E-state index in [0.29, 0.717) is 56.3 Å². The van der Waals surface area contributed by atoms with Crippen molar-refractivity contribution in [3.05, 3.63) is 34.9 Å². The van der Waals surface area contributed by atoms with E-state index in [-0.39, 0.29) is 6.10 Å². The summed E-state index contributed by atoms with van der Waals surface area (Å²) < 4.78 is 21.8. The van der Waals surface area contributed by atoms with E-state index in [1.54, 1.807) is 18.7 Å². The lowest BCUT2D eigenvalue weighted by Crippen LogP contribution is -2.36. The minimum atomic E-state index is -0.559. The maximum absolute atomic E-state index is 10.3. The largest absolute Gasteiger partial charge is 0.476 e. The predicted molar refractivity (Wildman–Crippen MR) is 154 cm³/mol. The zero-order valence-corrected chi connectivity index (χ0v) is 24.3. The van der Waals surface area contributed by atoms with Crippen LogP contribution in [-0.4, -0.2) is 83.3 Å². The van der Waals surface area contributed by atoms with Gasteiger partial charge in [-0.2, -0.15) is 10.2 Å². The van der Waals surface area contributed by atoms with Gasteiger partial charge in [-0.05, 0) is 51.8 Å². The van der Waals surface area contributed by atoms with Crippen molar-refractivity contribution in [2.45, 2.75) is 71.6 Å². The van der Waals surface area contributed by atoms with Crippen LogP contribution in [0.4, 0.5) is 0 Å². The van der Waals surface area contributed by atoms with Crippen molar-refractivity contribution in [3.63, 3.8) is 0 Å². The number of aliphatic hydroxyl groups is 1. The van der Waals surface area contributed by atoms with Crippen molar-refractivity contribution in [2.75, 3.05) is 20.3 Å². The molecule has 2 atom stereocenters. The molecule has 2 N–H and O–H groups in total. The van der Waals surface area contributed by atoms with Crippen molar-refractivity contribution < 1.29 is 19.3 Å². The lowest BCUT2D eigenvalue weighted by Gasteiger charge is -2.27. The van der Waals surface area contributed by atoms with Gasteiger partial charge in [-0.25, -0.2) is 9.67 Å². The van der Waals surface area contributed by atoms with Crippen LogP contribution in [0.5, 0.6) is 11.8 Å². The maximum Gasteiger partial charge on any atom is 0.240 e. The third-order valence-corrected chi connectivity index (χ3v) is 7.50. The van der Waals surface area contributed by atoms with Crippen LogP contribution >= 0.6 is 0 Å². The molecule has 0 radical (unpaired) electrons. The van der Waals surface area contributed by atoms with Gasteiger partial charge in [0.2, 0.25) is 11.8 Å². The van der Waals surface area contributed by atoms with Crippen molar-refractivity contribution in [2.24, 2.45) is 7.05 Å². The van der Waals surface area contributed by atoms with Gasteiger partial charge in [0.15, 0.2) is 5.65 Å². The molecule has 2 aliphatic rings. The third-order valence-electron chi connectivity index (χ3n) is 7.50. The molecule has 1 aliphatic heterocycles. The molecule has 2 bridgehead atoms. The Hall–Kier alpha value is -3.74. The Balaban J connectivity index is 1.54. The number of nitrogens with zero attached hydrogens (tertiary/aromatic N) is 7. The summed E-state index contributed by atoms with van der Waals surface area (Å²) in [5.41, 5.74) is 5.84. The second-order valence-corrected chi connectivity index (χ2v) is 11.0. The maximum atomic E-state index is 10.3. The Kier molecular flexibility index (Phi) is 7.54. The summed E-state index contributed by atoms with van der Waals surface area (Å²) in [6.45, 7) is 8.37. The van der Waals surface area contributed by atoms with E-state index in [0.717, 1.165) is 52.0 Å². The van der Waals surface area contributed by atoms with E-state index >= 15 is 0 Å². The number of aryl methyl sites for hydroxylation is 1. The number of fused-ring (bicyclic) bond motifs is 4.